The second-order valence-electron chi connectivity index (χ2n) is 6.31. The average Bonchev–Trinajstić information content (AvgIpc) is 3.17. The van der Waals surface area contributed by atoms with Crippen LogP contribution in [0.2, 0.25) is 0 Å². The number of likely N-dealkylation sites (tertiary alicyclic amines) is 1. The van der Waals surface area contributed by atoms with Crippen LogP contribution >= 0.6 is 0 Å². The fraction of sp³-hybridized carbons (Fsp3) is 0.800. The predicted octanol–water partition coefficient (Wildman–Crippen LogP) is 1.94. The molecular weight excluding hydrogens is 270 g/mol. The molecule has 116 valence electrons. The first-order valence-corrected chi connectivity index (χ1v) is 7.85. The first kappa shape index (κ1) is 14.5. The lowest BCUT2D eigenvalue weighted by atomic mass is 9.96. The molecule has 2 fully saturated rings. The van der Waals surface area contributed by atoms with Crippen LogP contribution in [-0.2, 0) is 9.53 Å². The Kier molecular flexibility index (Phi) is 4.24. The standard InChI is InChI=1S/C15H23N3O3/c1-10(2)15(19)18-6-3-11(4-7-18)14-16-13(17-21-14)12-5-8-20-9-12/h10-12H,3-9H2,1-2H3/t12-/m1/s1. The molecule has 2 aliphatic rings. The summed E-state index contributed by atoms with van der Waals surface area (Å²) in [5.41, 5.74) is 0. The van der Waals surface area contributed by atoms with Gasteiger partial charge < -0.3 is 14.2 Å². The molecule has 3 rings (SSSR count). The highest BCUT2D eigenvalue weighted by molar-refractivity contribution is 5.78. The van der Waals surface area contributed by atoms with Crippen molar-refractivity contribution in [1.82, 2.24) is 15.0 Å². The SMILES string of the molecule is CC(C)C(=O)N1CCC(c2nc([C@@H]3CCOC3)no2)CC1. The van der Waals surface area contributed by atoms with Crippen LogP contribution in [0.1, 0.15) is 56.7 Å². The summed E-state index contributed by atoms with van der Waals surface area (Å²) in [5.74, 6) is 2.38. The third-order valence-electron chi connectivity index (χ3n) is 4.40. The summed E-state index contributed by atoms with van der Waals surface area (Å²) in [6, 6.07) is 0. The van der Waals surface area contributed by atoms with E-state index in [-0.39, 0.29) is 23.7 Å². The van der Waals surface area contributed by atoms with E-state index in [1.807, 2.05) is 18.7 Å². The van der Waals surface area contributed by atoms with Crippen LogP contribution < -0.4 is 0 Å². The van der Waals surface area contributed by atoms with Gasteiger partial charge in [0.05, 0.1) is 6.61 Å². The normalized spacial score (nSPS) is 24.0. The number of aromatic nitrogens is 2. The molecule has 0 unspecified atom stereocenters. The molecule has 0 aromatic carbocycles. The molecule has 2 aliphatic heterocycles. The van der Waals surface area contributed by atoms with Crippen LogP contribution in [0, 0.1) is 5.92 Å². The molecule has 0 bridgehead atoms. The Hall–Kier alpha value is -1.43. The van der Waals surface area contributed by atoms with E-state index in [1.54, 1.807) is 0 Å². The van der Waals surface area contributed by atoms with E-state index in [9.17, 15) is 4.79 Å². The van der Waals surface area contributed by atoms with E-state index in [0.29, 0.717) is 6.61 Å². The van der Waals surface area contributed by atoms with Crippen LogP contribution in [-0.4, -0.2) is 47.3 Å². The first-order chi connectivity index (χ1) is 10.1. The summed E-state index contributed by atoms with van der Waals surface area (Å²) < 4.78 is 10.8. The molecule has 6 nitrogen and oxygen atoms in total. The smallest absolute Gasteiger partial charge is 0.229 e. The van der Waals surface area contributed by atoms with Gasteiger partial charge in [0, 0.05) is 37.5 Å². The number of piperidine rings is 1. The number of ether oxygens (including phenoxy) is 1. The number of rotatable bonds is 3. The summed E-state index contributed by atoms with van der Waals surface area (Å²) >= 11 is 0. The summed E-state index contributed by atoms with van der Waals surface area (Å²) in [7, 11) is 0. The molecule has 6 heteroatoms. The van der Waals surface area contributed by atoms with Crippen molar-refractivity contribution in [3.8, 4) is 0 Å². The van der Waals surface area contributed by atoms with Crippen molar-refractivity contribution in [3.63, 3.8) is 0 Å². The number of carbonyl (C=O) groups is 1. The fourth-order valence-electron chi connectivity index (χ4n) is 3.03. The zero-order valence-corrected chi connectivity index (χ0v) is 12.7. The predicted molar refractivity (Wildman–Crippen MR) is 75.9 cm³/mol. The summed E-state index contributed by atoms with van der Waals surface area (Å²) in [6.07, 6.45) is 2.78. The lowest BCUT2D eigenvalue weighted by Crippen LogP contribution is -2.40. The molecular formula is C15H23N3O3. The average molecular weight is 293 g/mol. The lowest BCUT2D eigenvalue weighted by Gasteiger charge is -2.31. The molecule has 21 heavy (non-hydrogen) atoms. The van der Waals surface area contributed by atoms with Crippen LogP contribution in [0.15, 0.2) is 4.52 Å². The molecule has 0 radical (unpaired) electrons. The molecule has 1 aromatic rings. The third kappa shape index (κ3) is 3.10. The van der Waals surface area contributed by atoms with Crippen molar-refractivity contribution in [1.29, 1.82) is 0 Å². The second-order valence-corrected chi connectivity index (χ2v) is 6.31. The van der Waals surface area contributed by atoms with E-state index in [4.69, 9.17) is 9.26 Å². The van der Waals surface area contributed by atoms with Crippen molar-refractivity contribution in [2.45, 2.75) is 44.9 Å². The van der Waals surface area contributed by atoms with Gasteiger partial charge in [0.25, 0.3) is 0 Å². The van der Waals surface area contributed by atoms with Gasteiger partial charge >= 0.3 is 0 Å². The topological polar surface area (TPSA) is 68.5 Å². The van der Waals surface area contributed by atoms with Crippen LogP contribution in [0.5, 0.6) is 0 Å². The molecule has 2 saturated heterocycles. The van der Waals surface area contributed by atoms with E-state index in [0.717, 1.165) is 50.7 Å². The van der Waals surface area contributed by atoms with Gasteiger partial charge in [-0.25, -0.2) is 0 Å². The van der Waals surface area contributed by atoms with Crippen molar-refractivity contribution in [3.05, 3.63) is 11.7 Å². The maximum Gasteiger partial charge on any atom is 0.229 e. The van der Waals surface area contributed by atoms with Crippen molar-refractivity contribution >= 4 is 5.91 Å². The zero-order chi connectivity index (χ0) is 14.8. The molecule has 3 heterocycles. The highest BCUT2D eigenvalue weighted by Gasteiger charge is 2.30. The number of amides is 1. The van der Waals surface area contributed by atoms with Gasteiger partial charge in [0.2, 0.25) is 11.8 Å². The number of hydrogen-bond acceptors (Lipinski definition) is 5. The minimum atomic E-state index is 0.0684. The Morgan fingerprint density at radius 1 is 1.24 bits per heavy atom. The second kappa shape index (κ2) is 6.13. The highest BCUT2D eigenvalue weighted by Crippen LogP contribution is 2.30. The van der Waals surface area contributed by atoms with Gasteiger partial charge in [-0.15, -0.1) is 0 Å². The summed E-state index contributed by atoms with van der Waals surface area (Å²) in [4.78, 5) is 18.5. The fourth-order valence-corrected chi connectivity index (χ4v) is 3.03. The number of nitrogens with zero attached hydrogens (tertiary/aromatic N) is 3. The number of carbonyl (C=O) groups excluding carboxylic acids is 1. The minimum Gasteiger partial charge on any atom is -0.381 e. The molecule has 1 aromatic heterocycles. The maximum atomic E-state index is 12.0. The van der Waals surface area contributed by atoms with Gasteiger partial charge in [-0.1, -0.05) is 19.0 Å². The largest absolute Gasteiger partial charge is 0.381 e. The maximum absolute atomic E-state index is 12.0. The Morgan fingerprint density at radius 2 is 2.00 bits per heavy atom. The van der Waals surface area contributed by atoms with E-state index < -0.39 is 0 Å². The van der Waals surface area contributed by atoms with E-state index in [1.165, 1.54) is 0 Å². The molecule has 1 amide bonds. The molecule has 0 spiro atoms. The minimum absolute atomic E-state index is 0.0684. The van der Waals surface area contributed by atoms with E-state index >= 15 is 0 Å². The lowest BCUT2D eigenvalue weighted by molar-refractivity contribution is -0.135. The number of hydrogen-bond donors (Lipinski definition) is 0. The Bertz CT molecular complexity index is 486. The van der Waals surface area contributed by atoms with Crippen molar-refractivity contribution in [2.75, 3.05) is 26.3 Å². The van der Waals surface area contributed by atoms with Gasteiger partial charge in [0.15, 0.2) is 5.82 Å². The zero-order valence-electron chi connectivity index (χ0n) is 12.7. The van der Waals surface area contributed by atoms with Gasteiger partial charge in [-0.3, -0.25) is 4.79 Å². The van der Waals surface area contributed by atoms with Crippen LogP contribution in [0.3, 0.4) is 0 Å². The Labute approximate surface area is 124 Å². The quantitative estimate of drug-likeness (QED) is 0.852. The molecule has 0 N–H and O–H groups in total. The first-order valence-electron chi connectivity index (χ1n) is 7.85. The monoisotopic (exact) mass is 293 g/mol. The van der Waals surface area contributed by atoms with Crippen molar-refractivity contribution in [2.24, 2.45) is 5.92 Å². The molecule has 0 aliphatic carbocycles. The molecule has 0 saturated carbocycles. The van der Waals surface area contributed by atoms with Crippen molar-refractivity contribution < 1.29 is 14.1 Å². The van der Waals surface area contributed by atoms with Gasteiger partial charge in [-0.05, 0) is 19.3 Å². The molecule has 1 atom stereocenters. The third-order valence-corrected chi connectivity index (χ3v) is 4.40. The Balaban J connectivity index is 1.58. The Morgan fingerprint density at radius 3 is 2.62 bits per heavy atom. The van der Waals surface area contributed by atoms with E-state index in [2.05, 4.69) is 10.1 Å². The van der Waals surface area contributed by atoms with Gasteiger partial charge in [0.1, 0.15) is 0 Å². The van der Waals surface area contributed by atoms with Gasteiger partial charge in [-0.2, -0.15) is 4.98 Å². The van der Waals surface area contributed by atoms with Crippen LogP contribution in [0.4, 0.5) is 0 Å². The summed E-state index contributed by atoms with van der Waals surface area (Å²) in [6.45, 7) is 6.94. The van der Waals surface area contributed by atoms with Crippen LogP contribution in [0.25, 0.3) is 0 Å². The highest BCUT2D eigenvalue weighted by atomic mass is 16.5. The summed E-state index contributed by atoms with van der Waals surface area (Å²) in [5, 5.41) is 4.11.